The van der Waals surface area contributed by atoms with Crippen LogP contribution in [0.1, 0.15) is 34.0 Å². The minimum Gasteiger partial charge on any atom is -0.348 e. The van der Waals surface area contributed by atoms with Crippen molar-refractivity contribution in [2.45, 2.75) is 35.8 Å². The number of pyridine rings is 1. The number of hydrogen-bond acceptors (Lipinski definition) is 3. The molecule has 0 saturated carbocycles. The lowest BCUT2D eigenvalue weighted by Gasteiger charge is -2.44. The van der Waals surface area contributed by atoms with Gasteiger partial charge in [0.15, 0.2) is 5.11 Å². The van der Waals surface area contributed by atoms with Crippen molar-refractivity contribution in [1.29, 1.82) is 0 Å². The van der Waals surface area contributed by atoms with E-state index in [1.54, 1.807) is 24.3 Å². The molecule has 1 saturated heterocycles. The normalized spacial score (nSPS) is 20.8. The van der Waals surface area contributed by atoms with E-state index in [2.05, 4.69) is 10.6 Å². The number of nitrogens with one attached hydrogen (secondary N) is 2. The van der Waals surface area contributed by atoms with Gasteiger partial charge in [0.25, 0.3) is 11.5 Å². The Balaban J connectivity index is 1.48. The van der Waals surface area contributed by atoms with Crippen molar-refractivity contribution in [2.24, 2.45) is 5.92 Å². The number of alkyl halides is 3. The van der Waals surface area contributed by atoms with E-state index in [4.69, 9.17) is 47.0 Å². The molecule has 2 aliphatic heterocycles. The number of thiocarbonyl (C=S) groups is 1. The minimum absolute atomic E-state index is 0.0292. The van der Waals surface area contributed by atoms with Crippen LogP contribution in [0.25, 0.3) is 0 Å². The maximum absolute atomic E-state index is 12.8. The lowest BCUT2D eigenvalue weighted by atomic mass is 9.83. The molecule has 2 bridgehead atoms. The fraction of sp³-hybridized carbons (Fsp3) is 0.409. The Kier molecular flexibility index (Phi) is 6.73. The van der Waals surface area contributed by atoms with E-state index in [0.717, 1.165) is 17.7 Å². The van der Waals surface area contributed by atoms with E-state index >= 15 is 0 Å². The number of likely N-dealkylation sites (tertiary alicyclic amines) is 1. The first-order chi connectivity index (χ1) is 15.1. The number of carbonyl (C=O) groups excluding carboxylic acids is 1. The molecule has 3 atom stereocenters. The number of benzene rings is 1. The van der Waals surface area contributed by atoms with E-state index in [1.807, 2.05) is 34.6 Å². The number of nitrogens with zero attached hydrogens (tertiary/aromatic N) is 2. The second-order valence-corrected chi connectivity index (χ2v) is 11.1. The van der Waals surface area contributed by atoms with Gasteiger partial charge in [0.2, 0.25) is 3.79 Å². The molecule has 1 amide bonds. The van der Waals surface area contributed by atoms with Crippen molar-refractivity contribution < 1.29 is 4.79 Å². The Hall–Kier alpha value is -1.80. The van der Waals surface area contributed by atoms with Gasteiger partial charge >= 0.3 is 0 Å². The maximum Gasteiger partial charge on any atom is 0.253 e. The van der Waals surface area contributed by atoms with Crippen LogP contribution in [0.4, 0.5) is 0 Å². The molecule has 1 unspecified atom stereocenters. The molecule has 4 rings (SSSR count). The summed E-state index contributed by atoms with van der Waals surface area (Å²) in [7, 11) is 0. The average Bonchev–Trinajstić information content (AvgIpc) is 2.73. The fourth-order valence-corrected chi connectivity index (χ4v) is 5.11. The van der Waals surface area contributed by atoms with Crippen LogP contribution in [0.3, 0.4) is 0 Å². The van der Waals surface area contributed by atoms with E-state index in [0.29, 0.717) is 30.3 Å². The summed E-state index contributed by atoms with van der Waals surface area (Å²) in [6.07, 6.45) is -0.0238. The lowest BCUT2D eigenvalue weighted by Crippen LogP contribution is -2.60. The smallest absolute Gasteiger partial charge is 0.253 e. The standard InChI is InChI=1S/C22H23Cl3N4O2S/c1-13-5-2-3-6-16(13)19(31)26-20(22(23,24)25)27-21(32)28-10-14-9-15(12-28)17-7-4-8-18(30)29(17)11-14/h2-8,14-15,20H,9-12H2,1H3,(H,26,31)(H,27,32)/t14-,15+,20?/m1/s1. The zero-order chi connectivity index (χ0) is 23.0. The quantitative estimate of drug-likeness (QED) is 0.373. The average molecular weight is 514 g/mol. The van der Waals surface area contributed by atoms with Crippen LogP contribution < -0.4 is 16.2 Å². The highest BCUT2D eigenvalue weighted by Gasteiger charge is 2.39. The summed E-state index contributed by atoms with van der Waals surface area (Å²) in [4.78, 5) is 27.1. The molecule has 1 aromatic carbocycles. The summed E-state index contributed by atoms with van der Waals surface area (Å²) in [5, 5.41) is 6.18. The van der Waals surface area contributed by atoms with E-state index in [1.165, 1.54) is 0 Å². The number of fused-ring (bicyclic) bond motifs is 4. The highest BCUT2D eigenvalue weighted by Crippen LogP contribution is 2.35. The van der Waals surface area contributed by atoms with Gasteiger partial charge in [-0.1, -0.05) is 59.1 Å². The van der Waals surface area contributed by atoms with Gasteiger partial charge in [0, 0.05) is 42.9 Å². The molecule has 3 heterocycles. The van der Waals surface area contributed by atoms with Gasteiger partial charge in [-0.15, -0.1) is 0 Å². The van der Waals surface area contributed by atoms with Crippen molar-refractivity contribution in [2.75, 3.05) is 13.1 Å². The molecular formula is C22H23Cl3N4O2S. The van der Waals surface area contributed by atoms with Crippen LogP contribution in [0.15, 0.2) is 47.3 Å². The highest BCUT2D eigenvalue weighted by atomic mass is 35.6. The number of aryl methyl sites for hydroxylation is 1. The van der Waals surface area contributed by atoms with Gasteiger partial charge < -0.3 is 20.1 Å². The van der Waals surface area contributed by atoms with Crippen LogP contribution in [-0.2, 0) is 6.54 Å². The third-order valence-electron chi connectivity index (χ3n) is 6.03. The topological polar surface area (TPSA) is 66.4 Å². The summed E-state index contributed by atoms with van der Waals surface area (Å²) < 4.78 is 0.0349. The van der Waals surface area contributed by atoms with E-state index in [9.17, 15) is 9.59 Å². The number of carbonyl (C=O) groups is 1. The molecule has 1 fully saturated rings. The maximum atomic E-state index is 12.8. The Labute approximate surface area is 206 Å². The zero-order valence-electron chi connectivity index (χ0n) is 17.4. The molecule has 2 aliphatic rings. The van der Waals surface area contributed by atoms with Crippen LogP contribution in [-0.4, -0.2) is 43.5 Å². The zero-order valence-corrected chi connectivity index (χ0v) is 20.4. The predicted octanol–water partition coefficient (Wildman–Crippen LogP) is 3.58. The monoisotopic (exact) mass is 512 g/mol. The van der Waals surface area contributed by atoms with Crippen LogP contribution in [0, 0.1) is 12.8 Å². The molecule has 32 heavy (non-hydrogen) atoms. The molecular weight excluding hydrogens is 491 g/mol. The van der Waals surface area contributed by atoms with Crippen molar-refractivity contribution in [1.82, 2.24) is 20.1 Å². The SMILES string of the molecule is Cc1ccccc1C(=O)NC(NC(=S)N1C[C@H]2C[C@@H](C1)c1cccc(=O)n1C2)C(Cl)(Cl)Cl. The molecule has 0 radical (unpaired) electrons. The van der Waals surface area contributed by atoms with E-state index < -0.39 is 9.96 Å². The van der Waals surface area contributed by atoms with Crippen molar-refractivity contribution in [3.63, 3.8) is 0 Å². The van der Waals surface area contributed by atoms with Crippen molar-refractivity contribution in [3.05, 3.63) is 69.6 Å². The number of aromatic nitrogens is 1. The summed E-state index contributed by atoms with van der Waals surface area (Å²) in [6.45, 7) is 3.82. The van der Waals surface area contributed by atoms with Crippen molar-refractivity contribution in [3.8, 4) is 0 Å². The lowest BCUT2D eigenvalue weighted by molar-refractivity contribution is 0.0932. The molecule has 2 aromatic rings. The van der Waals surface area contributed by atoms with Crippen LogP contribution in [0.2, 0.25) is 0 Å². The Morgan fingerprint density at radius 3 is 2.56 bits per heavy atom. The molecule has 1 aromatic heterocycles. The summed E-state index contributed by atoms with van der Waals surface area (Å²) in [6, 6.07) is 12.6. The molecule has 10 heteroatoms. The Morgan fingerprint density at radius 2 is 1.84 bits per heavy atom. The van der Waals surface area contributed by atoms with Gasteiger partial charge in [0.05, 0.1) is 0 Å². The number of halogens is 3. The third-order valence-corrected chi connectivity index (χ3v) is 7.06. The Morgan fingerprint density at radius 1 is 1.09 bits per heavy atom. The second kappa shape index (κ2) is 9.21. The molecule has 0 aliphatic carbocycles. The third kappa shape index (κ3) is 4.91. The first kappa shape index (κ1) is 23.4. The Bertz CT molecular complexity index is 1100. The molecule has 6 nitrogen and oxygen atoms in total. The van der Waals surface area contributed by atoms with Crippen molar-refractivity contribution >= 4 is 58.0 Å². The van der Waals surface area contributed by atoms with Crippen LogP contribution in [0.5, 0.6) is 0 Å². The molecule has 170 valence electrons. The molecule has 2 N–H and O–H groups in total. The fourth-order valence-electron chi connectivity index (χ4n) is 4.51. The number of amides is 1. The molecule has 0 spiro atoms. The summed E-state index contributed by atoms with van der Waals surface area (Å²) in [5.41, 5.74) is 2.36. The van der Waals surface area contributed by atoms with Crippen LogP contribution >= 0.6 is 47.0 Å². The summed E-state index contributed by atoms with van der Waals surface area (Å²) >= 11 is 24.1. The summed E-state index contributed by atoms with van der Waals surface area (Å²) in [5.74, 6) is 0.108. The van der Waals surface area contributed by atoms with Gasteiger partial charge in [-0.2, -0.15) is 0 Å². The van der Waals surface area contributed by atoms with Gasteiger partial charge in [0.1, 0.15) is 6.17 Å². The predicted molar refractivity (Wildman–Crippen MR) is 132 cm³/mol. The first-order valence-electron chi connectivity index (χ1n) is 10.3. The van der Waals surface area contributed by atoms with Gasteiger partial charge in [-0.05, 0) is 49.2 Å². The largest absolute Gasteiger partial charge is 0.348 e. The number of piperidine rings is 1. The number of hydrogen-bond donors (Lipinski definition) is 2. The highest BCUT2D eigenvalue weighted by molar-refractivity contribution is 7.80. The second-order valence-electron chi connectivity index (χ2n) is 8.32. The van der Waals surface area contributed by atoms with Gasteiger partial charge in [-0.3, -0.25) is 9.59 Å². The number of rotatable bonds is 3. The first-order valence-corrected chi connectivity index (χ1v) is 11.9. The van der Waals surface area contributed by atoms with E-state index in [-0.39, 0.29) is 23.3 Å². The minimum atomic E-state index is -1.83. The van der Waals surface area contributed by atoms with Gasteiger partial charge in [-0.25, -0.2) is 0 Å².